The van der Waals surface area contributed by atoms with Crippen LogP contribution in [0.4, 0.5) is 0 Å². The quantitative estimate of drug-likeness (QED) is 0.617. The van der Waals surface area contributed by atoms with Crippen LogP contribution in [0.2, 0.25) is 0 Å². The number of ether oxygens (including phenoxy) is 1. The maximum absolute atomic E-state index is 5.90. The van der Waals surface area contributed by atoms with E-state index in [2.05, 4.69) is 48.9 Å². The molecule has 0 fully saturated rings. The predicted molar refractivity (Wildman–Crippen MR) is 95.0 cm³/mol. The minimum Gasteiger partial charge on any atom is -0.494 e. The van der Waals surface area contributed by atoms with Gasteiger partial charge in [-0.1, -0.05) is 43.6 Å². The van der Waals surface area contributed by atoms with Crippen LogP contribution in [-0.4, -0.2) is 19.7 Å². The second-order valence-electron chi connectivity index (χ2n) is 6.28. The summed E-state index contributed by atoms with van der Waals surface area (Å²) >= 11 is 3.44. The van der Waals surface area contributed by atoms with E-state index in [1.807, 2.05) is 24.3 Å². The van der Waals surface area contributed by atoms with Gasteiger partial charge in [0, 0.05) is 11.0 Å². The fraction of sp³-hybridized carbons (Fsp3) is 0.667. The SMILES string of the molecule is CCC(CC)(CCOc1ccc(Br)cc1)CNCC(C)C. The van der Waals surface area contributed by atoms with E-state index in [1.54, 1.807) is 0 Å². The molecule has 120 valence electrons. The van der Waals surface area contributed by atoms with Crippen molar-refractivity contribution in [3.63, 3.8) is 0 Å². The average molecular weight is 356 g/mol. The number of rotatable bonds is 10. The summed E-state index contributed by atoms with van der Waals surface area (Å²) in [5, 5.41) is 3.62. The molecule has 0 aliphatic carbocycles. The smallest absolute Gasteiger partial charge is 0.119 e. The van der Waals surface area contributed by atoms with Crippen LogP contribution in [0, 0.1) is 11.3 Å². The van der Waals surface area contributed by atoms with E-state index in [0.29, 0.717) is 11.3 Å². The zero-order valence-electron chi connectivity index (χ0n) is 13.9. The van der Waals surface area contributed by atoms with Crippen molar-refractivity contribution in [1.82, 2.24) is 5.32 Å². The Morgan fingerprint density at radius 2 is 1.76 bits per heavy atom. The highest BCUT2D eigenvalue weighted by molar-refractivity contribution is 9.10. The molecule has 1 rings (SSSR count). The van der Waals surface area contributed by atoms with Crippen molar-refractivity contribution in [2.75, 3.05) is 19.7 Å². The summed E-state index contributed by atoms with van der Waals surface area (Å²) < 4.78 is 6.99. The van der Waals surface area contributed by atoms with Crippen LogP contribution in [0.25, 0.3) is 0 Å². The van der Waals surface area contributed by atoms with E-state index < -0.39 is 0 Å². The van der Waals surface area contributed by atoms with Crippen molar-refractivity contribution in [1.29, 1.82) is 0 Å². The molecule has 2 nitrogen and oxygen atoms in total. The first-order valence-electron chi connectivity index (χ1n) is 8.10. The third-order valence-corrected chi connectivity index (χ3v) is 4.80. The van der Waals surface area contributed by atoms with Gasteiger partial charge in [0.1, 0.15) is 5.75 Å². The maximum atomic E-state index is 5.90. The molecule has 0 bridgehead atoms. The fourth-order valence-electron chi connectivity index (χ4n) is 2.48. The van der Waals surface area contributed by atoms with Crippen molar-refractivity contribution in [2.24, 2.45) is 11.3 Å². The molecule has 0 saturated carbocycles. The molecule has 0 radical (unpaired) electrons. The standard InChI is InChI=1S/C18H30BrNO/c1-5-18(6-2,14-20-13-15(3)4)11-12-21-17-9-7-16(19)8-10-17/h7-10,15,20H,5-6,11-14H2,1-4H3. The highest BCUT2D eigenvalue weighted by atomic mass is 79.9. The van der Waals surface area contributed by atoms with Gasteiger partial charge in [-0.05, 0) is 61.4 Å². The van der Waals surface area contributed by atoms with Gasteiger partial charge in [-0.25, -0.2) is 0 Å². The van der Waals surface area contributed by atoms with Gasteiger partial charge in [0.15, 0.2) is 0 Å². The van der Waals surface area contributed by atoms with Crippen LogP contribution in [0.5, 0.6) is 5.75 Å². The second-order valence-corrected chi connectivity index (χ2v) is 7.20. The van der Waals surface area contributed by atoms with E-state index in [-0.39, 0.29) is 0 Å². The monoisotopic (exact) mass is 355 g/mol. The van der Waals surface area contributed by atoms with Crippen LogP contribution < -0.4 is 10.1 Å². The molecule has 1 N–H and O–H groups in total. The molecule has 0 atom stereocenters. The lowest BCUT2D eigenvalue weighted by atomic mass is 9.79. The molecule has 0 amide bonds. The van der Waals surface area contributed by atoms with Crippen LogP contribution in [0.3, 0.4) is 0 Å². The van der Waals surface area contributed by atoms with Crippen molar-refractivity contribution < 1.29 is 4.74 Å². The maximum Gasteiger partial charge on any atom is 0.119 e. The minimum absolute atomic E-state index is 0.351. The Labute approximate surface area is 138 Å². The molecule has 0 unspecified atom stereocenters. The molecule has 1 aromatic rings. The molecule has 0 saturated heterocycles. The van der Waals surface area contributed by atoms with E-state index in [4.69, 9.17) is 4.74 Å². The Balaban J connectivity index is 2.44. The van der Waals surface area contributed by atoms with Gasteiger partial charge in [0.25, 0.3) is 0 Å². The van der Waals surface area contributed by atoms with E-state index in [1.165, 1.54) is 12.8 Å². The Hall–Kier alpha value is -0.540. The van der Waals surface area contributed by atoms with E-state index in [9.17, 15) is 0 Å². The van der Waals surface area contributed by atoms with Crippen LogP contribution in [0.1, 0.15) is 47.0 Å². The zero-order valence-corrected chi connectivity index (χ0v) is 15.5. The number of nitrogens with one attached hydrogen (secondary N) is 1. The zero-order chi connectivity index (χ0) is 15.7. The number of hydrogen-bond donors (Lipinski definition) is 1. The van der Waals surface area contributed by atoms with Crippen molar-refractivity contribution >= 4 is 15.9 Å². The fourth-order valence-corrected chi connectivity index (χ4v) is 2.75. The van der Waals surface area contributed by atoms with Crippen molar-refractivity contribution in [2.45, 2.75) is 47.0 Å². The number of hydrogen-bond acceptors (Lipinski definition) is 2. The molecule has 1 aromatic carbocycles. The van der Waals surface area contributed by atoms with Crippen molar-refractivity contribution in [3.05, 3.63) is 28.7 Å². The van der Waals surface area contributed by atoms with E-state index >= 15 is 0 Å². The first-order chi connectivity index (χ1) is 10.0. The van der Waals surface area contributed by atoms with Gasteiger partial charge >= 0.3 is 0 Å². The van der Waals surface area contributed by atoms with Gasteiger partial charge in [-0.15, -0.1) is 0 Å². The Kier molecular flexibility index (Phi) is 8.35. The lowest BCUT2D eigenvalue weighted by Crippen LogP contribution is -2.36. The van der Waals surface area contributed by atoms with Gasteiger partial charge in [-0.2, -0.15) is 0 Å². The molecule has 0 aliphatic heterocycles. The molecule has 3 heteroatoms. The van der Waals surface area contributed by atoms with Crippen LogP contribution >= 0.6 is 15.9 Å². The van der Waals surface area contributed by atoms with Gasteiger partial charge in [0.2, 0.25) is 0 Å². The summed E-state index contributed by atoms with van der Waals surface area (Å²) in [4.78, 5) is 0. The highest BCUT2D eigenvalue weighted by Crippen LogP contribution is 2.30. The summed E-state index contributed by atoms with van der Waals surface area (Å²) in [5.41, 5.74) is 0.351. The third-order valence-electron chi connectivity index (χ3n) is 4.27. The van der Waals surface area contributed by atoms with Gasteiger partial charge < -0.3 is 10.1 Å². The molecular weight excluding hydrogens is 326 g/mol. The summed E-state index contributed by atoms with van der Waals surface area (Å²) in [7, 11) is 0. The molecule has 0 spiro atoms. The first kappa shape index (κ1) is 18.5. The predicted octanol–water partition coefficient (Wildman–Crippen LogP) is 5.27. The Morgan fingerprint density at radius 1 is 1.14 bits per heavy atom. The summed E-state index contributed by atoms with van der Waals surface area (Å²) in [5.74, 6) is 1.66. The van der Waals surface area contributed by atoms with E-state index in [0.717, 1.165) is 36.3 Å². The lowest BCUT2D eigenvalue weighted by Gasteiger charge is -2.32. The second kappa shape index (κ2) is 9.47. The minimum atomic E-state index is 0.351. The normalized spacial score (nSPS) is 11.9. The van der Waals surface area contributed by atoms with Gasteiger partial charge in [-0.3, -0.25) is 0 Å². The van der Waals surface area contributed by atoms with Crippen LogP contribution in [-0.2, 0) is 0 Å². The Bertz CT molecular complexity index is 385. The largest absolute Gasteiger partial charge is 0.494 e. The molecule has 0 aromatic heterocycles. The third kappa shape index (κ3) is 6.84. The summed E-state index contributed by atoms with van der Waals surface area (Å²) in [6.07, 6.45) is 3.48. The molecule has 21 heavy (non-hydrogen) atoms. The number of benzene rings is 1. The first-order valence-corrected chi connectivity index (χ1v) is 8.89. The topological polar surface area (TPSA) is 21.3 Å². The van der Waals surface area contributed by atoms with Crippen LogP contribution in [0.15, 0.2) is 28.7 Å². The molecular formula is C18H30BrNO. The van der Waals surface area contributed by atoms with Gasteiger partial charge in [0.05, 0.1) is 6.61 Å². The lowest BCUT2D eigenvalue weighted by molar-refractivity contribution is 0.173. The molecule has 0 heterocycles. The highest BCUT2D eigenvalue weighted by Gasteiger charge is 2.25. The molecule has 0 aliphatic rings. The summed E-state index contributed by atoms with van der Waals surface area (Å²) in [6, 6.07) is 8.07. The average Bonchev–Trinajstić information content (AvgIpc) is 2.47. The Morgan fingerprint density at radius 3 is 2.29 bits per heavy atom. The number of halogens is 1. The van der Waals surface area contributed by atoms with Crippen molar-refractivity contribution in [3.8, 4) is 5.75 Å². The summed E-state index contributed by atoms with van der Waals surface area (Å²) in [6.45, 7) is 12.1.